The van der Waals surface area contributed by atoms with E-state index in [1.165, 1.54) is 6.08 Å². The molecule has 0 aromatic heterocycles. The van der Waals surface area contributed by atoms with Crippen LogP contribution in [-0.4, -0.2) is 17.5 Å². The number of Topliss-reactive ketones (excluding diaryl/α,β-unsaturated/α-hetero) is 1. The quantitative estimate of drug-likeness (QED) is 0.121. The van der Waals surface area contributed by atoms with Crippen molar-refractivity contribution in [3.05, 3.63) is 120 Å². The Balaban J connectivity index is 1.56. The highest BCUT2D eigenvalue weighted by molar-refractivity contribution is 6.25. The Morgan fingerprint density at radius 2 is 1.49 bits per heavy atom. The molecule has 1 aliphatic heterocycles. The summed E-state index contributed by atoms with van der Waals surface area (Å²) in [7, 11) is 0. The highest BCUT2D eigenvalue weighted by Gasteiger charge is 2.87. The smallest absolute Gasteiger partial charge is 0.327 e. The second-order valence-corrected chi connectivity index (χ2v) is 9.33. The van der Waals surface area contributed by atoms with Gasteiger partial charge in [-0.05, 0) is 28.5 Å². The molecule has 4 heteroatoms. The van der Waals surface area contributed by atoms with Crippen LogP contribution in [-0.2, 0) is 9.59 Å². The lowest BCUT2D eigenvalue weighted by molar-refractivity contribution is -0.147. The number of benzene rings is 4. The zero-order valence-corrected chi connectivity index (χ0v) is 19.1. The molecule has 1 saturated carbocycles. The fourth-order valence-corrected chi connectivity index (χ4v) is 5.86. The lowest BCUT2D eigenvalue weighted by Crippen LogP contribution is -2.38. The van der Waals surface area contributed by atoms with Gasteiger partial charge in [0.05, 0.1) is 5.41 Å². The SMILES string of the molecule is C[C@]1(C(=O)c2ccccc2)[C@H]2c3c(ccc4ccccc34)OC(=O)[C@]21C(=O)/C=C/c1ccccc1. The normalized spacial score (nSPS) is 24.5. The van der Waals surface area contributed by atoms with Gasteiger partial charge in [0.15, 0.2) is 17.0 Å². The molecule has 35 heavy (non-hydrogen) atoms. The molecule has 1 heterocycles. The van der Waals surface area contributed by atoms with Crippen molar-refractivity contribution in [3.63, 3.8) is 0 Å². The Hall–Kier alpha value is -4.31. The molecule has 0 spiro atoms. The van der Waals surface area contributed by atoms with Gasteiger partial charge in [0.1, 0.15) is 5.75 Å². The van der Waals surface area contributed by atoms with Crippen LogP contribution in [0.5, 0.6) is 5.75 Å². The molecule has 4 aromatic rings. The number of hydrogen-bond acceptors (Lipinski definition) is 4. The molecule has 4 nitrogen and oxygen atoms in total. The van der Waals surface area contributed by atoms with Gasteiger partial charge in [-0.1, -0.05) is 104 Å². The largest absolute Gasteiger partial charge is 0.425 e. The summed E-state index contributed by atoms with van der Waals surface area (Å²) in [5.74, 6) is -1.53. The fourth-order valence-electron chi connectivity index (χ4n) is 5.86. The van der Waals surface area contributed by atoms with E-state index in [0.717, 1.165) is 21.9 Å². The Bertz CT molecular complexity index is 1540. The third-order valence-corrected chi connectivity index (χ3v) is 7.61. The van der Waals surface area contributed by atoms with E-state index in [1.54, 1.807) is 43.3 Å². The number of esters is 1. The Morgan fingerprint density at radius 3 is 2.23 bits per heavy atom. The van der Waals surface area contributed by atoms with Gasteiger partial charge in [-0.3, -0.25) is 14.4 Å². The van der Waals surface area contributed by atoms with Crippen LogP contribution in [0.1, 0.15) is 34.3 Å². The summed E-state index contributed by atoms with van der Waals surface area (Å²) in [5, 5.41) is 1.85. The first-order chi connectivity index (χ1) is 17.0. The zero-order valence-electron chi connectivity index (χ0n) is 19.1. The van der Waals surface area contributed by atoms with Crippen molar-refractivity contribution in [1.29, 1.82) is 0 Å². The van der Waals surface area contributed by atoms with E-state index in [9.17, 15) is 14.4 Å². The van der Waals surface area contributed by atoms with Crippen LogP contribution in [0.25, 0.3) is 16.8 Å². The van der Waals surface area contributed by atoms with E-state index >= 15 is 0 Å². The lowest BCUT2D eigenvalue weighted by atomic mass is 9.84. The van der Waals surface area contributed by atoms with Gasteiger partial charge in [0.25, 0.3) is 0 Å². The van der Waals surface area contributed by atoms with Gasteiger partial charge in [0, 0.05) is 17.0 Å². The molecule has 0 unspecified atom stereocenters. The van der Waals surface area contributed by atoms with E-state index in [4.69, 9.17) is 4.74 Å². The van der Waals surface area contributed by atoms with Gasteiger partial charge in [0.2, 0.25) is 0 Å². The number of rotatable bonds is 5. The molecule has 3 atom stereocenters. The maximum atomic E-state index is 14.0. The van der Waals surface area contributed by atoms with Crippen LogP contribution in [0.2, 0.25) is 0 Å². The molecule has 0 saturated heterocycles. The van der Waals surface area contributed by atoms with E-state index < -0.39 is 28.5 Å². The van der Waals surface area contributed by atoms with Gasteiger partial charge in [-0.2, -0.15) is 0 Å². The Morgan fingerprint density at radius 1 is 0.829 bits per heavy atom. The lowest BCUT2D eigenvalue weighted by Gasteiger charge is -2.23. The summed E-state index contributed by atoms with van der Waals surface area (Å²) in [4.78, 5) is 41.5. The Labute approximate surface area is 202 Å². The topological polar surface area (TPSA) is 60.4 Å². The number of hydrogen-bond donors (Lipinski definition) is 0. The summed E-state index contributed by atoms with van der Waals surface area (Å²) in [6.07, 6.45) is 3.11. The van der Waals surface area contributed by atoms with Gasteiger partial charge < -0.3 is 4.74 Å². The first-order valence-electron chi connectivity index (χ1n) is 11.6. The van der Waals surface area contributed by atoms with Gasteiger partial charge >= 0.3 is 5.97 Å². The second-order valence-electron chi connectivity index (χ2n) is 9.33. The van der Waals surface area contributed by atoms with Crippen molar-refractivity contribution in [2.24, 2.45) is 10.8 Å². The third kappa shape index (κ3) is 2.83. The Kier molecular flexibility index (Phi) is 4.61. The molecule has 0 radical (unpaired) electrons. The van der Waals surface area contributed by atoms with Crippen LogP contribution in [0.15, 0.2) is 103 Å². The minimum atomic E-state index is -1.62. The third-order valence-electron chi connectivity index (χ3n) is 7.61. The standard InChI is InChI=1S/C31H22O4/c1-30(28(33)22-13-6-3-7-14-22)27-26-23-15-9-8-12-21(23)17-18-24(26)35-29(34)31(27,30)25(32)19-16-20-10-4-2-5-11-20/h2-19,27H,1H3/b19-16+/t27-,30-,31+/m1/s1. The number of carbonyl (C=O) groups excluding carboxylic acids is 3. The minimum absolute atomic E-state index is 0.234. The first kappa shape index (κ1) is 21.2. The molecule has 2 aliphatic rings. The highest BCUT2D eigenvalue weighted by Crippen LogP contribution is 2.79. The van der Waals surface area contributed by atoms with E-state index in [1.807, 2.05) is 66.7 Å². The summed E-state index contributed by atoms with van der Waals surface area (Å²) in [6.45, 7) is 1.74. The summed E-state index contributed by atoms with van der Waals surface area (Å²) >= 11 is 0. The van der Waals surface area contributed by atoms with E-state index in [0.29, 0.717) is 11.3 Å². The maximum absolute atomic E-state index is 14.0. The van der Waals surface area contributed by atoms with Crippen LogP contribution in [0.3, 0.4) is 0 Å². The van der Waals surface area contributed by atoms with E-state index in [-0.39, 0.29) is 5.78 Å². The summed E-state index contributed by atoms with van der Waals surface area (Å²) in [6, 6.07) is 29.7. The maximum Gasteiger partial charge on any atom is 0.327 e. The van der Waals surface area contributed by atoms with Crippen molar-refractivity contribution in [2.45, 2.75) is 12.8 Å². The number of fused-ring (bicyclic) bond motifs is 5. The average molecular weight is 459 g/mol. The molecular weight excluding hydrogens is 436 g/mol. The van der Waals surface area contributed by atoms with E-state index in [2.05, 4.69) is 0 Å². The first-order valence-corrected chi connectivity index (χ1v) is 11.6. The van der Waals surface area contributed by atoms with Crippen molar-refractivity contribution in [1.82, 2.24) is 0 Å². The number of carbonyl (C=O) groups is 3. The number of allylic oxidation sites excluding steroid dienone is 1. The molecule has 1 aliphatic carbocycles. The van der Waals surface area contributed by atoms with Crippen molar-refractivity contribution in [3.8, 4) is 5.75 Å². The monoisotopic (exact) mass is 458 g/mol. The second kappa shape index (κ2) is 7.60. The van der Waals surface area contributed by atoms with Gasteiger partial charge in [-0.25, -0.2) is 0 Å². The van der Waals surface area contributed by atoms with Crippen LogP contribution < -0.4 is 4.74 Å². The molecular formula is C31H22O4. The minimum Gasteiger partial charge on any atom is -0.425 e. The predicted octanol–water partition coefficient (Wildman–Crippen LogP) is 6.01. The molecule has 0 N–H and O–H groups in total. The summed E-state index contributed by atoms with van der Waals surface area (Å²) in [5.41, 5.74) is -0.851. The zero-order chi connectivity index (χ0) is 24.2. The molecule has 1 fully saturated rings. The fraction of sp³-hybridized carbons (Fsp3) is 0.129. The van der Waals surface area contributed by atoms with Crippen molar-refractivity contribution in [2.75, 3.05) is 0 Å². The van der Waals surface area contributed by atoms with Crippen LogP contribution in [0.4, 0.5) is 0 Å². The predicted molar refractivity (Wildman–Crippen MR) is 134 cm³/mol. The van der Waals surface area contributed by atoms with Crippen molar-refractivity contribution >= 4 is 34.4 Å². The molecule has 4 aromatic carbocycles. The highest BCUT2D eigenvalue weighted by atomic mass is 16.5. The van der Waals surface area contributed by atoms with Crippen LogP contribution in [0, 0.1) is 10.8 Å². The van der Waals surface area contributed by atoms with Gasteiger partial charge in [-0.15, -0.1) is 0 Å². The van der Waals surface area contributed by atoms with Crippen LogP contribution >= 0.6 is 0 Å². The summed E-state index contributed by atoms with van der Waals surface area (Å²) < 4.78 is 5.81. The average Bonchev–Trinajstić information content (AvgIpc) is 3.50. The number of ether oxygens (including phenoxy) is 1. The molecule has 170 valence electrons. The molecule has 0 bridgehead atoms. The van der Waals surface area contributed by atoms with Crippen molar-refractivity contribution < 1.29 is 19.1 Å². The number of ketones is 2. The molecule has 0 amide bonds. The molecule has 6 rings (SSSR count).